The van der Waals surface area contributed by atoms with Crippen molar-refractivity contribution >= 4 is 5.69 Å². The molecule has 3 nitrogen and oxygen atoms in total. The number of phenols is 1. The van der Waals surface area contributed by atoms with Gasteiger partial charge in [0.2, 0.25) is 0 Å². The number of rotatable bonds is 2. The Labute approximate surface area is 107 Å². The molecule has 0 saturated heterocycles. The number of hydrogen-bond acceptors (Lipinski definition) is 3. The first-order chi connectivity index (χ1) is 8.87. The molecule has 0 aliphatic carbocycles. The van der Waals surface area contributed by atoms with Crippen LogP contribution in [0.3, 0.4) is 0 Å². The highest BCUT2D eigenvalue weighted by atomic mass is 19.4. The Morgan fingerprint density at radius 3 is 2.37 bits per heavy atom. The van der Waals surface area contributed by atoms with E-state index in [-0.39, 0.29) is 28.3 Å². The predicted octanol–water partition coefficient (Wildman–Crippen LogP) is 3.54. The summed E-state index contributed by atoms with van der Waals surface area (Å²) in [6, 6.07) is 9.65. The first-order valence-corrected chi connectivity index (χ1v) is 5.30. The highest BCUT2D eigenvalue weighted by molar-refractivity contribution is 5.81. The topological polar surface area (TPSA) is 55.5 Å². The van der Waals surface area contributed by atoms with Gasteiger partial charge in [-0.2, -0.15) is 0 Å². The molecule has 0 fully saturated rings. The zero-order valence-electron chi connectivity index (χ0n) is 9.61. The van der Waals surface area contributed by atoms with Gasteiger partial charge in [-0.1, -0.05) is 18.2 Å². The molecule has 0 aromatic heterocycles. The van der Waals surface area contributed by atoms with E-state index < -0.39 is 6.36 Å². The summed E-state index contributed by atoms with van der Waals surface area (Å²) in [4.78, 5) is 0. The van der Waals surface area contributed by atoms with Crippen LogP contribution >= 0.6 is 0 Å². The van der Waals surface area contributed by atoms with E-state index in [1.165, 1.54) is 36.4 Å². The van der Waals surface area contributed by atoms with Gasteiger partial charge in [-0.3, -0.25) is 0 Å². The number of halogens is 3. The number of ether oxygens (including phenoxy) is 1. The number of anilines is 1. The van der Waals surface area contributed by atoms with Crippen LogP contribution in [0, 0.1) is 0 Å². The van der Waals surface area contributed by atoms with Crippen molar-refractivity contribution in [2.75, 3.05) is 5.73 Å². The van der Waals surface area contributed by atoms with Gasteiger partial charge in [0.15, 0.2) is 0 Å². The van der Waals surface area contributed by atoms with Gasteiger partial charge in [-0.25, -0.2) is 0 Å². The first kappa shape index (κ1) is 13.1. The number of aromatic hydroxyl groups is 1. The summed E-state index contributed by atoms with van der Waals surface area (Å²) in [5.74, 6) is -0.460. The van der Waals surface area contributed by atoms with Crippen LogP contribution in [0.4, 0.5) is 18.9 Å². The van der Waals surface area contributed by atoms with Gasteiger partial charge in [0, 0.05) is 16.8 Å². The Bertz CT molecular complexity index is 597. The lowest BCUT2D eigenvalue weighted by atomic mass is 10.0. The summed E-state index contributed by atoms with van der Waals surface area (Å²) >= 11 is 0. The molecule has 0 heterocycles. The first-order valence-electron chi connectivity index (χ1n) is 5.30. The van der Waals surface area contributed by atoms with E-state index in [1.54, 1.807) is 6.07 Å². The van der Waals surface area contributed by atoms with Gasteiger partial charge in [-0.15, -0.1) is 13.2 Å². The van der Waals surface area contributed by atoms with Gasteiger partial charge in [0.25, 0.3) is 0 Å². The minimum absolute atomic E-state index is 0.0917. The minimum atomic E-state index is -4.79. The Balaban J connectivity index is 2.53. The highest BCUT2D eigenvalue weighted by Crippen LogP contribution is 2.37. The molecule has 0 unspecified atom stereocenters. The van der Waals surface area contributed by atoms with Gasteiger partial charge >= 0.3 is 6.36 Å². The molecule has 6 heteroatoms. The lowest BCUT2D eigenvalue weighted by Gasteiger charge is -2.14. The molecule has 19 heavy (non-hydrogen) atoms. The van der Waals surface area contributed by atoms with Gasteiger partial charge < -0.3 is 15.6 Å². The van der Waals surface area contributed by atoms with Crippen LogP contribution in [0.2, 0.25) is 0 Å². The Hall–Kier alpha value is -2.37. The second-order valence-corrected chi connectivity index (χ2v) is 3.82. The van der Waals surface area contributed by atoms with Gasteiger partial charge in [-0.05, 0) is 24.3 Å². The lowest BCUT2D eigenvalue weighted by Crippen LogP contribution is -2.17. The van der Waals surface area contributed by atoms with Crippen molar-refractivity contribution in [1.29, 1.82) is 0 Å². The second kappa shape index (κ2) is 4.72. The van der Waals surface area contributed by atoms with Crippen LogP contribution in [-0.2, 0) is 0 Å². The molecule has 0 amide bonds. The van der Waals surface area contributed by atoms with Crippen molar-refractivity contribution in [3.05, 3.63) is 42.5 Å². The largest absolute Gasteiger partial charge is 0.573 e. The van der Waals surface area contributed by atoms with E-state index in [2.05, 4.69) is 4.74 Å². The van der Waals surface area contributed by atoms with Crippen molar-refractivity contribution in [2.24, 2.45) is 0 Å². The fourth-order valence-electron chi connectivity index (χ4n) is 1.68. The van der Waals surface area contributed by atoms with Gasteiger partial charge in [0.05, 0.1) is 0 Å². The normalized spacial score (nSPS) is 11.3. The van der Waals surface area contributed by atoms with Gasteiger partial charge in [0.1, 0.15) is 11.5 Å². The van der Waals surface area contributed by atoms with E-state index >= 15 is 0 Å². The number of nitrogen functional groups attached to an aromatic ring is 1. The molecule has 0 aliphatic rings. The standard InChI is InChI=1S/C13H10F3NO2/c14-13(15,16)19-12-4-2-1-3-9(12)10-7-8(18)5-6-11(10)17/h1-7,18H,17H2. The molecule has 0 atom stereocenters. The number of hydrogen-bond donors (Lipinski definition) is 2. The Morgan fingerprint density at radius 2 is 1.68 bits per heavy atom. The fraction of sp³-hybridized carbons (Fsp3) is 0.0769. The summed E-state index contributed by atoms with van der Waals surface area (Å²) in [5.41, 5.74) is 6.39. The zero-order chi connectivity index (χ0) is 14.0. The van der Waals surface area contributed by atoms with Crippen molar-refractivity contribution in [1.82, 2.24) is 0 Å². The molecule has 2 rings (SSSR count). The maximum Gasteiger partial charge on any atom is 0.573 e. The minimum Gasteiger partial charge on any atom is -0.508 e. The molecular weight excluding hydrogens is 259 g/mol. The maximum absolute atomic E-state index is 12.3. The summed E-state index contributed by atoms with van der Waals surface area (Å²) in [6.45, 7) is 0. The summed E-state index contributed by atoms with van der Waals surface area (Å²) in [7, 11) is 0. The monoisotopic (exact) mass is 269 g/mol. The third kappa shape index (κ3) is 3.09. The van der Waals surface area contributed by atoms with E-state index in [0.717, 1.165) is 0 Å². The third-order valence-electron chi connectivity index (χ3n) is 2.44. The van der Waals surface area contributed by atoms with Crippen LogP contribution in [0.25, 0.3) is 11.1 Å². The Kier molecular flexibility index (Phi) is 3.25. The summed E-state index contributed by atoms with van der Waals surface area (Å²) in [6.07, 6.45) is -4.79. The Morgan fingerprint density at radius 1 is 1.00 bits per heavy atom. The average molecular weight is 269 g/mol. The lowest BCUT2D eigenvalue weighted by molar-refractivity contribution is -0.274. The number of nitrogens with two attached hydrogens (primary N) is 1. The molecule has 0 spiro atoms. The predicted molar refractivity (Wildman–Crippen MR) is 64.6 cm³/mol. The number of alkyl halides is 3. The molecule has 0 saturated carbocycles. The van der Waals surface area contributed by atoms with Crippen molar-refractivity contribution in [3.63, 3.8) is 0 Å². The molecule has 3 N–H and O–H groups in total. The smallest absolute Gasteiger partial charge is 0.508 e. The molecule has 2 aromatic rings. The third-order valence-corrected chi connectivity index (χ3v) is 2.44. The fourth-order valence-corrected chi connectivity index (χ4v) is 1.68. The van der Waals surface area contributed by atoms with E-state index in [0.29, 0.717) is 0 Å². The van der Waals surface area contributed by atoms with Crippen molar-refractivity contribution < 1.29 is 23.0 Å². The van der Waals surface area contributed by atoms with Crippen LogP contribution < -0.4 is 10.5 Å². The summed E-state index contributed by atoms with van der Waals surface area (Å²) < 4.78 is 40.9. The molecule has 100 valence electrons. The van der Waals surface area contributed by atoms with E-state index in [9.17, 15) is 18.3 Å². The molecule has 2 aromatic carbocycles. The maximum atomic E-state index is 12.3. The van der Waals surface area contributed by atoms with E-state index in [1.807, 2.05) is 0 Å². The molecule has 0 radical (unpaired) electrons. The van der Waals surface area contributed by atoms with E-state index in [4.69, 9.17) is 5.73 Å². The quantitative estimate of drug-likeness (QED) is 0.647. The van der Waals surface area contributed by atoms with Crippen molar-refractivity contribution in [2.45, 2.75) is 6.36 Å². The second-order valence-electron chi connectivity index (χ2n) is 3.82. The zero-order valence-corrected chi connectivity index (χ0v) is 9.61. The van der Waals surface area contributed by atoms with Crippen LogP contribution in [-0.4, -0.2) is 11.5 Å². The summed E-state index contributed by atoms with van der Waals surface area (Å²) in [5, 5.41) is 9.40. The number of phenolic OH excluding ortho intramolecular Hbond substituents is 1. The van der Waals surface area contributed by atoms with Crippen LogP contribution in [0.5, 0.6) is 11.5 Å². The molecular formula is C13H10F3NO2. The average Bonchev–Trinajstić information content (AvgIpc) is 2.31. The molecule has 0 aliphatic heterocycles. The van der Waals surface area contributed by atoms with Crippen LogP contribution in [0.1, 0.15) is 0 Å². The number of para-hydroxylation sites is 1. The SMILES string of the molecule is Nc1ccc(O)cc1-c1ccccc1OC(F)(F)F. The highest BCUT2D eigenvalue weighted by Gasteiger charge is 2.32. The molecule has 0 bridgehead atoms. The number of benzene rings is 2. The van der Waals surface area contributed by atoms with Crippen LogP contribution in [0.15, 0.2) is 42.5 Å². The van der Waals surface area contributed by atoms with Crippen molar-refractivity contribution in [3.8, 4) is 22.6 Å².